The van der Waals surface area contributed by atoms with E-state index in [9.17, 15) is 4.79 Å². The van der Waals surface area contributed by atoms with Crippen molar-refractivity contribution in [2.45, 2.75) is 6.61 Å². The lowest BCUT2D eigenvalue weighted by atomic mass is 10.2. The number of rotatable bonds is 3. The summed E-state index contributed by atoms with van der Waals surface area (Å²) in [7, 11) is 0. The minimum atomic E-state index is -0.486. The predicted octanol–water partition coefficient (Wildman–Crippen LogP) is 3.93. The van der Waals surface area contributed by atoms with Crippen molar-refractivity contribution in [2.75, 3.05) is 5.73 Å². The largest absolute Gasteiger partial charge is 0.457 e. The summed E-state index contributed by atoms with van der Waals surface area (Å²) in [4.78, 5) is 11.8. The molecule has 2 aromatic carbocycles. The molecular weight excluding hydrogens is 285 g/mol. The Labute approximate surface area is 120 Å². The van der Waals surface area contributed by atoms with Gasteiger partial charge in [-0.25, -0.2) is 4.79 Å². The molecule has 0 aliphatic carbocycles. The number of nitrogen functional groups attached to an aromatic ring is 1. The first-order valence-corrected chi connectivity index (χ1v) is 6.28. The fraction of sp³-hybridized carbons (Fsp3) is 0.0714. The van der Waals surface area contributed by atoms with Crippen LogP contribution in [0.25, 0.3) is 0 Å². The number of anilines is 1. The first kappa shape index (κ1) is 13.7. The minimum absolute atomic E-state index is 0.163. The van der Waals surface area contributed by atoms with Gasteiger partial charge in [0.2, 0.25) is 0 Å². The van der Waals surface area contributed by atoms with Crippen LogP contribution in [0.1, 0.15) is 15.9 Å². The lowest BCUT2D eigenvalue weighted by molar-refractivity contribution is 0.0473. The maximum atomic E-state index is 11.8. The van der Waals surface area contributed by atoms with Gasteiger partial charge in [-0.3, -0.25) is 0 Å². The molecule has 0 fully saturated rings. The van der Waals surface area contributed by atoms with Crippen molar-refractivity contribution < 1.29 is 9.53 Å². The summed E-state index contributed by atoms with van der Waals surface area (Å²) in [5.74, 6) is -0.486. The van der Waals surface area contributed by atoms with Crippen LogP contribution < -0.4 is 5.73 Å². The van der Waals surface area contributed by atoms with E-state index < -0.39 is 5.97 Å². The number of esters is 1. The van der Waals surface area contributed by atoms with Gasteiger partial charge in [0, 0.05) is 10.7 Å². The van der Waals surface area contributed by atoms with Crippen molar-refractivity contribution in [2.24, 2.45) is 0 Å². The second-order valence-corrected chi connectivity index (χ2v) is 4.79. The van der Waals surface area contributed by atoms with E-state index in [4.69, 9.17) is 33.7 Å². The van der Waals surface area contributed by atoms with Crippen molar-refractivity contribution in [3.63, 3.8) is 0 Å². The van der Waals surface area contributed by atoms with Gasteiger partial charge in [0.1, 0.15) is 6.61 Å². The molecule has 98 valence electrons. The van der Waals surface area contributed by atoms with Gasteiger partial charge in [-0.05, 0) is 35.9 Å². The molecule has 19 heavy (non-hydrogen) atoms. The highest BCUT2D eigenvalue weighted by Crippen LogP contribution is 2.20. The molecule has 2 N–H and O–H groups in total. The Balaban J connectivity index is 2.03. The third-order valence-corrected chi connectivity index (χ3v) is 3.06. The third kappa shape index (κ3) is 3.63. The Bertz CT molecular complexity index is 597. The maximum absolute atomic E-state index is 11.8. The molecule has 0 radical (unpaired) electrons. The molecule has 0 aliphatic rings. The molecule has 3 nitrogen and oxygen atoms in total. The summed E-state index contributed by atoms with van der Waals surface area (Å²) in [6.07, 6.45) is 0. The number of benzene rings is 2. The van der Waals surface area contributed by atoms with E-state index in [1.807, 2.05) is 0 Å². The van der Waals surface area contributed by atoms with Crippen LogP contribution in [0.4, 0.5) is 5.69 Å². The smallest absolute Gasteiger partial charge is 0.339 e. The summed E-state index contributed by atoms with van der Waals surface area (Å²) in [6.45, 7) is 0.163. The number of carbonyl (C=O) groups is 1. The van der Waals surface area contributed by atoms with E-state index in [1.54, 1.807) is 36.4 Å². The van der Waals surface area contributed by atoms with Crippen LogP contribution in [-0.2, 0) is 11.3 Å². The summed E-state index contributed by atoms with van der Waals surface area (Å²) < 4.78 is 5.17. The zero-order valence-electron chi connectivity index (χ0n) is 9.90. The molecule has 2 aromatic rings. The van der Waals surface area contributed by atoms with E-state index in [-0.39, 0.29) is 11.6 Å². The Kier molecular flexibility index (Phi) is 4.30. The molecule has 5 heteroatoms. The Morgan fingerprint density at radius 2 is 1.79 bits per heavy atom. The summed E-state index contributed by atoms with van der Waals surface area (Å²) in [6, 6.07) is 11.7. The van der Waals surface area contributed by atoms with Crippen molar-refractivity contribution in [3.8, 4) is 0 Å². The Hall–Kier alpha value is -1.71. The van der Waals surface area contributed by atoms with Crippen LogP contribution in [0, 0.1) is 0 Å². The normalized spacial score (nSPS) is 10.2. The van der Waals surface area contributed by atoms with Crippen molar-refractivity contribution in [1.82, 2.24) is 0 Å². The topological polar surface area (TPSA) is 52.3 Å². The number of hydrogen-bond acceptors (Lipinski definition) is 3. The number of ether oxygens (including phenoxy) is 1. The summed E-state index contributed by atoms with van der Waals surface area (Å²) in [5, 5.41) is 0.915. The van der Waals surface area contributed by atoms with Gasteiger partial charge in [0.25, 0.3) is 0 Å². The average Bonchev–Trinajstić information content (AvgIpc) is 2.37. The standard InChI is InChI=1S/C14H11Cl2NO2/c15-10-3-1-9(2-4-10)8-19-14(18)12-6-5-11(17)7-13(12)16/h1-7H,8,17H2. The maximum Gasteiger partial charge on any atom is 0.339 e. The summed E-state index contributed by atoms with van der Waals surface area (Å²) in [5.41, 5.74) is 7.20. The van der Waals surface area contributed by atoms with Gasteiger partial charge >= 0.3 is 5.97 Å². The highest BCUT2D eigenvalue weighted by molar-refractivity contribution is 6.33. The molecule has 0 bridgehead atoms. The molecule has 0 heterocycles. The fourth-order valence-electron chi connectivity index (χ4n) is 1.50. The molecule has 0 spiro atoms. The highest BCUT2D eigenvalue weighted by atomic mass is 35.5. The van der Waals surface area contributed by atoms with Crippen LogP contribution in [0.5, 0.6) is 0 Å². The molecule has 0 saturated heterocycles. The van der Waals surface area contributed by atoms with E-state index >= 15 is 0 Å². The SMILES string of the molecule is Nc1ccc(C(=O)OCc2ccc(Cl)cc2)c(Cl)c1. The molecule has 0 amide bonds. The Morgan fingerprint density at radius 3 is 2.42 bits per heavy atom. The zero-order valence-corrected chi connectivity index (χ0v) is 11.4. The first-order chi connectivity index (χ1) is 9.06. The van der Waals surface area contributed by atoms with Gasteiger partial charge in [0.15, 0.2) is 0 Å². The van der Waals surface area contributed by atoms with Crippen LogP contribution in [0.3, 0.4) is 0 Å². The van der Waals surface area contributed by atoms with Crippen molar-refractivity contribution in [1.29, 1.82) is 0 Å². The van der Waals surface area contributed by atoms with Gasteiger partial charge < -0.3 is 10.5 Å². The zero-order chi connectivity index (χ0) is 13.8. The predicted molar refractivity (Wildman–Crippen MR) is 76.4 cm³/mol. The minimum Gasteiger partial charge on any atom is -0.457 e. The quantitative estimate of drug-likeness (QED) is 0.689. The van der Waals surface area contributed by atoms with Crippen molar-refractivity contribution in [3.05, 3.63) is 63.6 Å². The lowest BCUT2D eigenvalue weighted by Crippen LogP contribution is -2.06. The van der Waals surface area contributed by atoms with E-state index in [0.717, 1.165) is 5.56 Å². The molecule has 0 atom stereocenters. The van der Waals surface area contributed by atoms with Crippen LogP contribution in [-0.4, -0.2) is 5.97 Å². The van der Waals surface area contributed by atoms with Gasteiger partial charge in [-0.1, -0.05) is 35.3 Å². The number of hydrogen-bond donors (Lipinski definition) is 1. The molecule has 0 aliphatic heterocycles. The Morgan fingerprint density at radius 1 is 1.11 bits per heavy atom. The average molecular weight is 296 g/mol. The van der Waals surface area contributed by atoms with Gasteiger partial charge in [-0.15, -0.1) is 0 Å². The number of carbonyl (C=O) groups excluding carboxylic acids is 1. The van der Waals surface area contributed by atoms with Crippen LogP contribution in [0.15, 0.2) is 42.5 Å². The highest BCUT2D eigenvalue weighted by Gasteiger charge is 2.12. The van der Waals surface area contributed by atoms with Crippen molar-refractivity contribution >= 4 is 34.9 Å². The second-order valence-electron chi connectivity index (χ2n) is 3.94. The van der Waals surface area contributed by atoms with E-state index in [0.29, 0.717) is 16.3 Å². The fourth-order valence-corrected chi connectivity index (χ4v) is 1.90. The second kappa shape index (κ2) is 5.95. The van der Waals surface area contributed by atoms with Gasteiger partial charge in [0.05, 0.1) is 10.6 Å². The lowest BCUT2D eigenvalue weighted by Gasteiger charge is -2.07. The molecule has 2 rings (SSSR count). The molecular formula is C14H11Cl2NO2. The summed E-state index contributed by atoms with van der Waals surface area (Å²) >= 11 is 11.7. The molecule has 0 aromatic heterocycles. The van der Waals surface area contributed by atoms with Crippen LogP contribution in [0.2, 0.25) is 10.0 Å². The van der Waals surface area contributed by atoms with E-state index in [2.05, 4.69) is 0 Å². The monoisotopic (exact) mass is 295 g/mol. The third-order valence-electron chi connectivity index (χ3n) is 2.50. The number of nitrogens with two attached hydrogens (primary N) is 1. The van der Waals surface area contributed by atoms with Gasteiger partial charge in [-0.2, -0.15) is 0 Å². The first-order valence-electron chi connectivity index (χ1n) is 5.53. The molecule has 0 saturated carbocycles. The molecule has 0 unspecified atom stereocenters. The number of halogens is 2. The van der Waals surface area contributed by atoms with Crippen LogP contribution >= 0.6 is 23.2 Å². The van der Waals surface area contributed by atoms with E-state index in [1.165, 1.54) is 6.07 Å².